The van der Waals surface area contributed by atoms with Crippen molar-refractivity contribution in [2.45, 2.75) is 52.8 Å². The molecule has 6 nitrogen and oxygen atoms in total. The molecule has 0 aliphatic rings. The summed E-state index contributed by atoms with van der Waals surface area (Å²) in [6.07, 6.45) is 0. The van der Waals surface area contributed by atoms with Gasteiger partial charge in [0.05, 0.1) is 17.9 Å². The molecular formula is C21H34IN5OS. The van der Waals surface area contributed by atoms with Gasteiger partial charge in [0.1, 0.15) is 0 Å². The van der Waals surface area contributed by atoms with Crippen LogP contribution >= 0.6 is 24.0 Å². The Hall–Kier alpha value is -1.42. The molecule has 2 N–H and O–H groups in total. The van der Waals surface area contributed by atoms with Gasteiger partial charge in [-0.05, 0) is 59.2 Å². The lowest BCUT2D eigenvalue weighted by atomic mass is 10.2. The highest BCUT2D eigenvalue weighted by atomic mass is 127. The molecule has 0 bridgehead atoms. The molecule has 162 valence electrons. The van der Waals surface area contributed by atoms with Crippen LogP contribution in [0.4, 0.5) is 0 Å². The highest BCUT2D eigenvalue weighted by molar-refractivity contribution is 14.0. The van der Waals surface area contributed by atoms with Crippen LogP contribution in [0.2, 0.25) is 0 Å². The number of nitrogens with zero attached hydrogens (tertiary/aromatic N) is 3. The second-order valence-electron chi connectivity index (χ2n) is 7.75. The van der Waals surface area contributed by atoms with Crippen LogP contribution in [0.15, 0.2) is 35.3 Å². The molecule has 0 fully saturated rings. The Labute approximate surface area is 194 Å². The topological polar surface area (TPSA) is 71.3 Å². The molecule has 1 aromatic carbocycles. The quantitative estimate of drug-likeness (QED) is 0.325. The lowest BCUT2D eigenvalue weighted by Gasteiger charge is -2.18. The molecule has 0 aliphatic heterocycles. The number of halogens is 1. The third-order valence-corrected chi connectivity index (χ3v) is 6.18. The van der Waals surface area contributed by atoms with E-state index in [4.69, 9.17) is 4.99 Å². The summed E-state index contributed by atoms with van der Waals surface area (Å²) in [5.41, 5.74) is 4.24. The number of aromatic nitrogens is 2. The molecule has 2 aromatic rings. The molecule has 1 atom stereocenters. The summed E-state index contributed by atoms with van der Waals surface area (Å²) < 4.78 is 14.0. The normalized spacial score (nSPS) is 13.0. The summed E-state index contributed by atoms with van der Waals surface area (Å²) in [6, 6.07) is 10.3. The van der Waals surface area contributed by atoms with Crippen LogP contribution in [-0.2, 0) is 17.3 Å². The van der Waals surface area contributed by atoms with Crippen LogP contribution < -0.4 is 10.6 Å². The summed E-state index contributed by atoms with van der Waals surface area (Å²) in [6.45, 7) is 14.0. The fourth-order valence-corrected chi connectivity index (χ4v) is 3.70. The van der Waals surface area contributed by atoms with Crippen molar-refractivity contribution in [2.24, 2.45) is 4.99 Å². The zero-order chi connectivity index (χ0) is 20.7. The minimum atomic E-state index is -0.883. The van der Waals surface area contributed by atoms with E-state index in [1.54, 1.807) is 0 Å². The SMILES string of the molecule is CCNC(=NCc1ccccc1-n1nc(C)cc1C)NCCS(=O)C(C)(C)C.I. The second-order valence-corrected chi connectivity index (χ2v) is 10.1. The Bertz CT molecular complexity index is 842. The van der Waals surface area contributed by atoms with Gasteiger partial charge in [0.25, 0.3) is 0 Å². The van der Waals surface area contributed by atoms with Crippen LogP contribution in [0.5, 0.6) is 0 Å². The van der Waals surface area contributed by atoms with Crippen molar-refractivity contribution in [3.05, 3.63) is 47.3 Å². The number of aliphatic imine (C=N–C) groups is 1. The lowest BCUT2D eigenvalue weighted by molar-refractivity contribution is 0.647. The Morgan fingerprint density at radius 1 is 1.21 bits per heavy atom. The highest BCUT2D eigenvalue weighted by Gasteiger charge is 2.18. The molecule has 1 aromatic heterocycles. The van der Waals surface area contributed by atoms with Crippen molar-refractivity contribution in [3.8, 4) is 5.69 Å². The number of guanidine groups is 1. The number of aryl methyl sites for hydroxylation is 2. The fraction of sp³-hybridized carbons (Fsp3) is 0.524. The monoisotopic (exact) mass is 531 g/mol. The minimum Gasteiger partial charge on any atom is -0.357 e. The van der Waals surface area contributed by atoms with E-state index in [0.717, 1.165) is 35.1 Å². The van der Waals surface area contributed by atoms with Crippen LogP contribution in [0.3, 0.4) is 0 Å². The summed E-state index contributed by atoms with van der Waals surface area (Å²) in [7, 11) is -0.883. The maximum absolute atomic E-state index is 12.2. The number of nitrogens with one attached hydrogen (secondary N) is 2. The van der Waals surface area contributed by atoms with Crippen molar-refractivity contribution in [1.82, 2.24) is 20.4 Å². The Morgan fingerprint density at radius 3 is 2.48 bits per heavy atom. The van der Waals surface area contributed by atoms with Gasteiger partial charge in [-0.25, -0.2) is 9.67 Å². The van der Waals surface area contributed by atoms with Crippen molar-refractivity contribution in [1.29, 1.82) is 0 Å². The van der Waals surface area contributed by atoms with Crippen LogP contribution in [-0.4, -0.2) is 43.5 Å². The molecule has 8 heteroatoms. The number of para-hydroxylation sites is 1. The van der Waals surface area contributed by atoms with E-state index in [0.29, 0.717) is 18.8 Å². The maximum atomic E-state index is 12.2. The molecule has 0 saturated heterocycles. The smallest absolute Gasteiger partial charge is 0.191 e. The lowest BCUT2D eigenvalue weighted by Crippen LogP contribution is -2.40. The van der Waals surface area contributed by atoms with Gasteiger partial charge in [-0.3, -0.25) is 4.21 Å². The summed E-state index contributed by atoms with van der Waals surface area (Å²) in [5.74, 6) is 1.33. The maximum Gasteiger partial charge on any atom is 0.191 e. The first-order valence-corrected chi connectivity index (χ1v) is 11.1. The highest BCUT2D eigenvalue weighted by Crippen LogP contribution is 2.17. The van der Waals surface area contributed by atoms with Gasteiger partial charge in [-0.2, -0.15) is 5.10 Å². The molecule has 29 heavy (non-hydrogen) atoms. The predicted octanol–water partition coefficient (Wildman–Crippen LogP) is 3.71. The zero-order valence-electron chi connectivity index (χ0n) is 18.3. The van der Waals surface area contributed by atoms with E-state index < -0.39 is 10.8 Å². The molecule has 1 unspecified atom stereocenters. The van der Waals surface area contributed by atoms with Gasteiger partial charge in [0.2, 0.25) is 0 Å². The number of hydrogen-bond acceptors (Lipinski definition) is 3. The van der Waals surface area contributed by atoms with Crippen molar-refractivity contribution in [2.75, 3.05) is 18.8 Å². The van der Waals surface area contributed by atoms with Gasteiger partial charge in [-0.15, -0.1) is 24.0 Å². The van der Waals surface area contributed by atoms with Crippen LogP contribution in [0.1, 0.15) is 44.6 Å². The standard InChI is InChI=1S/C21H33N5OS.HI/c1-7-22-20(23-12-13-28(27)21(4,5)6)24-15-18-10-8-9-11-19(18)26-17(3)14-16(2)25-26;/h8-11,14H,7,12-13,15H2,1-6H3,(H2,22,23,24);1H. The van der Waals surface area contributed by atoms with E-state index in [-0.39, 0.29) is 28.7 Å². The molecule has 0 saturated carbocycles. The van der Waals surface area contributed by atoms with Crippen molar-refractivity contribution < 1.29 is 4.21 Å². The van der Waals surface area contributed by atoms with Crippen LogP contribution in [0, 0.1) is 13.8 Å². The molecule has 0 spiro atoms. The van der Waals surface area contributed by atoms with E-state index in [9.17, 15) is 4.21 Å². The van der Waals surface area contributed by atoms with E-state index in [1.165, 1.54) is 0 Å². The summed E-state index contributed by atoms with van der Waals surface area (Å²) in [4.78, 5) is 4.72. The van der Waals surface area contributed by atoms with Gasteiger partial charge in [0.15, 0.2) is 5.96 Å². The first-order chi connectivity index (χ1) is 13.2. The fourth-order valence-electron chi connectivity index (χ4n) is 2.80. The third kappa shape index (κ3) is 7.73. The van der Waals surface area contributed by atoms with Gasteiger partial charge in [0, 0.05) is 40.1 Å². The first-order valence-electron chi connectivity index (χ1n) is 9.74. The number of rotatable bonds is 7. The van der Waals surface area contributed by atoms with E-state index >= 15 is 0 Å². The summed E-state index contributed by atoms with van der Waals surface area (Å²) in [5, 5.41) is 11.1. The molecule has 1 heterocycles. The minimum absolute atomic E-state index is 0. The molecule has 0 amide bonds. The molecular weight excluding hydrogens is 497 g/mol. The summed E-state index contributed by atoms with van der Waals surface area (Å²) >= 11 is 0. The van der Waals surface area contributed by atoms with Crippen molar-refractivity contribution in [3.63, 3.8) is 0 Å². The van der Waals surface area contributed by atoms with Gasteiger partial charge >= 0.3 is 0 Å². The average molecular weight is 532 g/mol. The first kappa shape index (κ1) is 25.6. The molecule has 0 aliphatic carbocycles. The Balaban J connectivity index is 0.00000420. The average Bonchev–Trinajstić information content (AvgIpc) is 2.97. The van der Waals surface area contributed by atoms with E-state index in [2.05, 4.69) is 40.9 Å². The van der Waals surface area contributed by atoms with E-state index in [1.807, 2.05) is 51.4 Å². The Morgan fingerprint density at radius 2 is 1.90 bits per heavy atom. The van der Waals surface area contributed by atoms with Gasteiger partial charge < -0.3 is 10.6 Å². The molecule has 0 radical (unpaired) electrons. The molecule has 2 rings (SSSR count). The predicted molar refractivity (Wildman–Crippen MR) is 134 cm³/mol. The third-order valence-electron chi connectivity index (χ3n) is 4.24. The van der Waals surface area contributed by atoms with Gasteiger partial charge in [-0.1, -0.05) is 18.2 Å². The van der Waals surface area contributed by atoms with Crippen LogP contribution in [0.25, 0.3) is 5.69 Å². The Kier molecular flexibility index (Phi) is 10.3. The zero-order valence-corrected chi connectivity index (χ0v) is 21.4. The number of hydrogen-bond donors (Lipinski definition) is 2. The number of benzene rings is 1. The largest absolute Gasteiger partial charge is 0.357 e. The second kappa shape index (κ2) is 11.7. The van der Waals surface area contributed by atoms with Crippen molar-refractivity contribution >= 4 is 40.7 Å².